The molecule has 0 aliphatic heterocycles. The first-order valence-electron chi connectivity index (χ1n) is 9.01. The van der Waals surface area contributed by atoms with Gasteiger partial charge in [0.05, 0.1) is 6.61 Å². The molecule has 0 aliphatic rings. The molecule has 0 aromatic heterocycles. The Labute approximate surface area is 171 Å². The molecular weight excluding hydrogens is 380 g/mol. The molecule has 0 saturated heterocycles. The highest BCUT2D eigenvalue weighted by molar-refractivity contribution is 7.80. The maximum Gasteiger partial charge on any atom is 0.226 e. The van der Waals surface area contributed by atoms with E-state index in [9.17, 15) is 4.79 Å². The summed E-state index contributed by atoms with van der Waals surface area (Å²) in [6.45, 7) is 5.03. The SMILES string of the molecule is CC(C)CCOc1ccc(NC(=S)NC(=O)CCc2ccccc2Cl)cc1. The van der Waals surface area contributed by atoms with Crippen LogP contribution in [0, 0.1) is 5.92 Å². The third kappa shape index (κ3) is 7.97. The Morgan fingerprint density at radius 2 is 1.85 bits per heavy atom. The number of rotatable bonds is 8. The van der Waals surface area contributed by atoms with Gasteiger partial charge in [-0.3, -0.25) is 4.79 Å². The van der Waals surface area contributed by atoms with Gasteiger partial charge in [0.1, 0.15) is 5.75 Å². The molecule has 6 heteroatoms. The fourth-order valence-corrected chi connectivity index (χ4v) is 2.81. The second-order valence-electron chi connectivity index (χ2n) is 6.65. The largest absolute Gasteiger partial charge is 0.494 e. The van der Waals surface area contributed by atoms with E-state index in [1.165, 1.54) is 0 Å². The molecule has 2 aromatic rings. The van der Waals surface area contributed by atoms with Crippen LogP contribution < -0.4 is 15.4 Å². The monoisotopic (exact) mass is 404 g/mol. The normalized spacial score (nSPS) is 10.5. The van der Waals surface area contributed by atoms with Crippen LogP contribution in [-0.2, 0) is 11.2 Å². The van der Waals surface area contributed by atoms with E-state index in [1.54, 1.807) is 0 Å². The zero-order valence-corrected chi connectivity index (χ0v) is 17.2. The summed E-state index contributed by atoms with van der Waals surface area (Å²) in [5.74, 6) is 1.28. The van der Waals surface area contributed by atoms with Gasteiger partial charge in [0, 0.05) is 17.1 Å². The van der Waals surface area contributed by atoms with Gasteiger partial charge >= 0.3 is 0 Å². The molecule has 4 nitrogen and oxygen atoms in total. The number of hydrogen-bond donors (Lipinski definition) is 2. The maximum atomic E-state index is 12.1. The highest BCUT2D eigenvalue weighted by Crippen LogP contribution is 2.17. The van der Waals surface area contributed by atoms with Gasteiger partial charge in [0.25, 0.3) is 0 Å². The third-order valence-corrected chi connectivity index (χ3v) is 4.48. The average Bonchev–Trinajstić information content (AvgIpc) is 2.62. The minimum absolute atomic E-state index is 0.152. The van der Waals surface area contributed by atoms with E-state index in [0.717, 1.165) is 23.4 Å². The summed E-state index contributed by atoms with van der Waals surface area (Å²) in [5, 5.41) is 6.63. The molecule has 27 heavy (non-hydrogen) atoms. The second kappa shape index (κ2) is 10.9. The average molecular weight is 405 g/mol. The van der Waals surface area contributed by atoms with E-state index in [2.05, 4.69) is 24.5 Å². The Balaban J connectivity index is 1.74. The molecule has 144 valence electrons. The third-order valence-electron chi connectivity index (χ3n) is 3.91. The Morgan fingerprint density at radius 1 is 1.15 bits per heavy atom. The first kappa shape index (κ1) is 21.2. The molecule has 0 atom stereocenters. The highest BCUT2D eigenvalue weighted by Gasteiger charge is 2.07. The fourth-order valence-electron chi connectivity index (χ4n) is 2.35. The number of anilines is 1. The molecule has 0 saturated carbocycles. The van der Waals surface area contributed by atoms with Crippen LogP contribution in [0.15, 0.2) is 48.5 Å². The van der Waals surface area contributed by atoms with Crippen LogP contribution in [0.1, 0.15) is 32.3 Å². The number of hydrogen-bond acceptors (Lipinski definition) is 3. The molecule has 2 rings (SSSR count). The Bertz CT molecular complexity index is 763. The number of carbonyl (C=O) groups is 1. The van der Waals surface area contributed by atoms with Gasteiger partial charge in [-0.25, -0.2) is 0 Å². The molecule has 0 fully saturated rings. The molecular formula is C21H25ClN2O2S. The van der Waals surface area contributed by atoms with Crippen molar-refractivity contribution in [1.82, 2.24) is 5.32 Å². The summed E-state index contributed by atoms with van der Waals surface area (Å²) >= 11 is 11.3. The van der Waals surface area contributed by atoms with Crippen molar-refractivity contribution < 1.29 is 9.53 Å². The van der Waals surface area contributed by atoms with Gasteiger partial charge in [0.2, 0.25) is 5.91 Å². The standard InChI is InChI=1S/C21H25ClN2O2S/c1-15(2)13-14-26-18-10-8-17(9-11-18)23-21(27)24-20(25)12-7-16-5-3-4-6-19(16)22/h3-6,8-11,15H,7,12-14H2,1-2H3,(H2,23,24,25,27). The summed E-state index contributed by atoms with van der Waals surface area (Å²) < 4.78 is 5.68. The first-order valence-corrected chi connectivity index (χ1v) is 9.80. The Kier molecular flexibility index (Phi) is 8.55. The molecule has 2 aromatic carbocycles. The molecule has 0 spiro atoms. The molecule has 0 aliphatic carbocycles. The van der Waals surface area contributed by atoms with Crippen molar-refractivity contribution in [2.75, 3.05) is 11.9 Å². The van der Waals surface area contributed by atoms with Gasteiger partial charge in [-0.2, -0.15) is 0 Å². The Hall–Kier alpha value is -2.11. The number of nitrogens with one attached hydrogen (secondary N) is 2. The summed E-state index contributed by atoms with van der Waals surface area (Å²) in [7, 11) is 0. The number of halogens is 1. The highest BCUT2D eigenvalue weighted by atomic mass is 35.5. The van der Waals surface area contributed by atoms with Crippen LogP contribution in [0.2, 0.25) is 5.02 Å². The van der Waals surface area contributed by atoms with Crippen molar-refractivity contribution in [3.8, 4) is 5.75 Å². The van der Waals surface area contributed by atoms with E-state index in [-0.39, 0.29) is 11.0 Å². The van der Waals surface area contributed by atoms with Gasteiger partial charge < -0.3 is 15.4 Å². The number of thiocarbonyl (C=S) groups is 1. The maximum absolute atomic E-state index is 12.1. The van der Waals surface area contributed by atoms with Crippen molar-refractivity contribution in [2.45, 2.75) is 33.1 Å². The predicted molar refractivity (Wildman–Crippen MR) is 116 cm³/mol. The van der Waals surface area contributed by atoms with E-state index in [4.69, 9.17) is 28.6 Å². The number of benzene rings is 2. The second-order valence-corrected chi connectivity index (χ2v) is 7.46. The lowest BCUT2D eigenvalue weighted by molar-refractivity contribution is -0.119. The van der Waals surface area contributed by atoms with E-state index in [0.29, 0.717) is 30.4 Å². The van der Waals surface area contributed by atoms with Crippen molar-refractivity contribution in [3.63, 3.8) is 0 Å². The molecule has 2 N–H and O–H groups in total. The van der Waals surface area contributed by atoms with Gasteiger partial charge in [0.15, 0.2) is 5.11 Å². The fraction of sp³-hybridized carbons (Fsp3) is 0.333. The predicted octanol–water partition coefficient (Wildman–Crippen LogP) is 5.21. The Morgan fingerprint density at radius 3 is 2.52 bits per heavy atom. The number of ether oxygens (including phenoxy) is 1. The summed E-state index contributed by atoms with van der Waals surface area (Å²) in [6.07, 6.45) is 1.90. The van der Waals surface area contributed by atoms with Crippen molar-refractivity contribution in [3.05, 3.63) is 59.1 Å². The van der Waals surface area contributed by atoms with Crippen LogP contribution in [0.25, 0.3) is 0 Å². The molecule has 0 bridgehead atoms. The van der Waals surface area contributed by atoms with Crippen LogP contribution in [0.3, 0.4) is 0 Å². The lowest BCUT2D eigenvalue weighted by Crippen LogP contribution is -2.34. The minimum atomic E-state index is -0.152. The molecule has 0 heterocycles. The summed E-state index contributed by atoms with van der Waals surface area (Å²) in [5.41, 5.74) is 1.74. The molecule has 0 radical (unpaired) electrons. The lowest BCUT2D eigenvalue weighted by atomic mass is 10.1. The summed E-state index contributed by atoms with van der Waals surface area (Å²) in [4.78, 5) is 12.1. The van der Waals surface area contributed by atoms with E-state index >= 15 is 0 Å². The van der Waals surface area contributed by atoms with Gasteiger partial charge in [-0.15, -0.1) is 0 Å². The van der Waals surface area contributed by atoms with Crippen molar-refractivity contribution in [1.29, 1.82) is 0 Å². The quantitative estimate of drug-likeness (QED) is 0.593. The minimum Gasteiger partial charge on any atom is -0.494 e. The van der Waals surface area contributed by atoms with Crippen molar-refractivity contribution in [2.24, 2.45) is 5.92 Å². The van der Waals surface area contributed by atoms with Crippen molar-refractivity contribution >= 4 is 40.5 Å². The number of amides is 1. The molecule has 0 unspecified atom stereocenters. The van der Waals surface area contributed by atoms with Crippen LogP contribution in [-0.4, -0.2) is 17.6 Å². The van der Waals surface area contributed by atoms with E-state index < -0.39 is 0 Å². The smallest absolute Gasteiger partial charge is 0.226 e. The zero-order valence-electron chi connectivity index (χ0n) is 15.6. The van der Waals surface area contributed by atoms with E-state index in [1.807, 2.05) is 48.5 Å². The summed E-state index contributed by atoms with van der Waals surface area (Å²) in [6, 6.07) is 15.0. The zero-order chi connectivity index (χ0) is 19.6. The molecule has 1 amide bonds. The lowest BCUT2D eigenvalue weighted by Gasteiger charge is -2.11. The number of aryl methyl sites for hydroxylation is 1. The van der Waals surface area contributed by atoms with Crippen LogP contribution >= 0.6 is 23.8 Å². The number of carbonyl (C=O) groups excluding carboxylic acids is 1. The van der Waals surface area contributed by atoms with Gasteiger partial charge in [-0.05, 0) is 66.9 Å². The first-order chi connectivity index (χ1) is 12.9. The topological polar surface area (TPSA) is 50.4 Å². The van der Waals surface area contributed by atoms with Gasteiger partial charge in [-0.1, -0.05) is 43.6 Å². The van der Waals surface area contributed by atoms with Crippen LogP contribution in [0.4, 0.5) is 5.69 Å². The van der Waals surface area contributed by atoms with Crippen LogP contribution in [0.5, 0.6) is 5.75 Å².